The highest BCUT2D eigenvalue weighted by atomic mass is 16.4. The van der Waals surface area contributed by atoms with Gasteiger partial charge in [0.05, 0.1) is 6.04 Å². The molecule has 1 aromatic heterocycles. The molecule has 11 nitrogen and oxygen atoms in total. The zero-order chi connectivity index (χ0) is 23.0. The quantitative estimate of drug-likeness (QED) is 0.136. The normalized spacial score (nSPS) is 13.7. The third-order valence-corrected chi connectivity index (χ3v) is 4.77. The summed E-state index contributed by atoms with van der Waals surface area (Å²) < 4.78 is 0. The number of aromatic amines is 1. The van der Waals surface area contributed by atoms with Crippen molar-refractivity contribution in [3.05, 3.63) is 36.0 Å². The van der Waals surface area contributed by atoms with Crippen molar-refractivity contribution in [2.24, 2.45) is 22.2 Å². The summed E-state index contributed by atoms with van der Waals surface area (Å²) in [5, 5.41) is 15.4. The average molecular weight is 431 g/mol. The lowest BCUT2D eigenvalue weighted by atomic mass is 10.0. The predicted molar refractivity (Wildman–Crippen MR) is 117 cm³/mol. The van der Waals surface area contributed by atoms with Crippen LogP contribution in [0.1, 0.15) is 25.3 Å². The smallest absolute Gasteiger partial charge is 0.326 e. The number of nitrogens with one attached hydrogen (secondary N) is 3. The van der Waals surface area contributed by atoms with E-state index in [1.165, 1.54) is 6.92 Å². The fourth-order valence-corrected chi connectivity index (χ4v) is 3.05. The van der Waals surface area contributed by atoms with Crippen LogP contribution < -0.4 is 27.8 Å². The van der Waals surface area contributed by atoms with E-state index in [0.29, 0.717) is 19.4 Å². The van der Waals surface area contributed by atoms with E-state index in [1.807, 2.05) is 24.3 Å². The van der Waals surface area contributed by atoms with Gasteiger partial charge in [0, 0.05) is 30.1 Å². The van der Waals surface area contributed by atoms with Gasteiger partial charge in [-0.05, 0) is 31.4 Å². The monoisotopic (exact) mass is 431 g/mol. The largest absolute Gasteiger partial charge is 0.480 e. The minimum absolute atomic E-state index is 0.0380. The number of amides is 2. The molecule has 0 saturated carbocycles. The first-order valence-corrected chi connectivity index (χ1v) is 9.88. The molecule has 0 unspecified atom stereocenters. The van der Waals surface area contributed by atoms with E-state index in [9.17, 15) is 19.5 Å². The Balaban J connectivity index is 1.90. The van der Waals surface area contributed by atoms with Crippen molar-refractivity contribution >= 4 is 34.6 Å². The summed E-state index contributed by atoms with van der Waals surface area (Å²) in [5.41, 5.74) is 17.9. The lowest BCUT2D eigenvalue weighted by Crippen LogP contribution is -2.53. The highest BCUT2D eigenvalue weighted by Gasteiger charge is 2.26. The van der Waals surface area contributed by atoms with E-state index in [-0.39, 0.29) is 12.4 Å². The Bertz CT molecular complexity index is 952. The minimum atomic E-state index is -1.17. The summed E-state index contributed by atoms with van der Waals surface area (Å²) in [6.45, 7) is 1.80. The molecule has 168 valence electrons. The highest BCUT2D eigenvalue weighted by Crippen LogP contribution is 2.19. The number of hydrogen-bond donors (Lipinski definition) is 7. The second kappa shape index (κ2) is 11.0. The van der Waals surface area contributed by atoms with Gasteiger partial charge in [-0.1, -0.05) is 18.2 Å². The lowest BCUT2D eigenvalue weighted by Gasteiger charge is -2.20. The number of fused-ring (bicyclic) bond motifs is 1. The van der Waals surface area contributed by atoms with Crippen LogP contribution in [0.4, 0.5) is 0 Å². The number of hydrogen-bond acceptors (Lipinski definition) is 5. The molecule has 1 heterocycles. The number of benzene rings is 1. The van der Waals surface area contributed by atoms with Crippen LogP contribution in [0, 0.1) is 0 Å². The first-order chi connectivity index (χ1) is 14.7. The molecule has 0 fully saturated rings. The maximum Gasteiger partial charge on any atom is 0.326 e. The molecule has 2 amide bonds. The average Bonchev–Trinajstić information content (AvgIpc) is 3.13. The zero-order valence-electron chi connectivity index (χ0n) is 17.3. The van der Waals surface area contributed by atoms with E-state index in [1.54, 1.807) is 6.20 Å². The summed E-state index contributed by atoms with van der Waals surface area (Å²) in [4.78, 5) is 43.2. The number of aromatic nitrogens is 1. The number of para-hydroxylation sites is 1. The van der Waals surface area contributed by atoms with Crippen molar-refractivity contribution in [2.75, 3.05) is 6.54 Å². The second-order valence-corrected chi connectivity index (χ2v) is 7.25. The molecule has 2 rings (SSSR count). The Hall–Kier alpha value is -3.60. The van der Waals surface area contributed by atoms with Crippen LogP contribution in [0.5, 0.6) is 0 Å². The summed E-state index contributed by atoms with van der Waals surface area (Å²) in [6, 6.07) is 4.53. The number of carboxylic acid groups (broad SMARTS) is 1. The van der Waals surface area contributed by atoms with E-state index in [2.05, 4.69) is 20.6 Å². The SMILES string of the molecule is C[C@H](NC(=O)[C@@H](N)CCCN=C(N)N)C(=O)N[C@@H](Cc1c[nH]c2ccccc12)C(=O)O. The summed E-state index contributed by atoms with van der Waals surface area (Å²) in [6.07, 6.45) is 2.64. The number of nitrogens with two attached hydrogens (primary N) is 3. The Morgan fingerprint density at radius 2 is 1.87 bits per heavy atom. The van der Waals surface area contributed by atoms with Crippen molar-refractivity contribution in [1.29, 1.82) is 0 Å². The fraction of sp³-hybridized carbons (Fsp3) is 0.400. The number of rotatable bonds is 11. The van der Waals surface area contributed by atoms with Gasteiger partial charge in [-0.2, -0.15) is 0 Å². The van der Waals surface area contributed by atoms with Crippen molar-refractivity contribution in [3.63, 3.8) is 0 Å². The van der Waals surface area contributed by atoms with E-state index in [0.717, 1.165) is 16.5 Å². The van der Waals surface area contributed by atoms with E-state index < -0.39 is 35.9 Å². The molecule has 0 bridgehead atoms. The number of aliphatic carboxylic acids is 1. The van der Waals surface area contributed by atoms with Crippen LogP contribution >= 0.6 is 0 Å². The third-order valence-electron chi connectivity index (χ3n) is 4.77. The molecular formula is C20H29N7O4. The number of carbonyl (C=O) groups excluding carboxylic acids is 2. The van der Waals surface area contributed by atoms with Crippen LogP contribution in [0.2, 0.25) is 0 Å². The van der Waals surface area contributed by atoms with Crippen LogP contribution in [0.15, 0.2) is 35.5 Å². The van der Waals surface area contributed by atoms with Crippen molar-refractivity contribution in [1.82, 2.24) is 15.6 Å². The number of nitrogens with zero attached hydrogens (tertiary/aromatic N) is 1. The van der Waals surface area contributed by atoms with Gasteiger partial charge in [-0.15, -0.1) is 0 Å². The van der Waals surface area contributed by atoms with Crippen LogP contribution in [-0.2, 0) is 20.8 Å². The van der Waals surface area contributed by atoms with Gasteiger partial charge in [0.15, 0.2) is 5.96 Å². The molecule has 31 heavy (non-hydrogen) atoms. The van der Waals surface area contributed by atoms with Gasteiger partial charge in [0.1, 0.15) is 12.1 Å². The number of carbonyl (C=O) groups is 3. The maximum atomic E-state index is 12.5. The molecule has 11 heteroatoms. The Morgan fingerprint density at radius 3 is 2.55 bits per heavy atom. The molecule has 0 aliphatic rings. The Kier molecular flexibility index (Phi) is 8.38. The minimum Gasteiger partial charge on any atom is -0.480 e. The van der Waals surface area contributed by atoms with E-state index >= 15 is 0 Å². The van der Waals surface area contributed by atoms with Gasteiger partial charge in [-0.3, -0.25) is 14.6 Å². The van der Waals surface area contributed by atoms with Gasteiger partial charge in [0.25, 0.3) is 0 Å². The number of H-pyrrole nitrogens is 1. The number of guanidine groups is 1. The Morgan fingerprint density at radius 1 is 1.16 bits per heavy atom. The second-order valence-electron chi connectivity index (χ2n) is 7.25. The molecule has 0 spiro atoms. The number of aliphatic imine (C=N–C) groups is 1. The van der Waals surface area contributed by atoms with Crippen molar-refractivity contribution < 1.29 is 19.5 Å². The predicted octanol–water partition coefficient (Wildman–Crippen LogP) is -0.835. The first kappa shape index (κ1) is 23.7. The lowest BCUT2D eigenvalue weighted by molar-refractivity contribution is -0.142. The van der Waals surface area contributed by atoms with Gasteiger partial charge < -0.3 is 37.9 Å². The molecule has 0 aliphatic heterocycles. The van der Waals surface area contributed by atoms with Crippen LogP contribution in [-0.4, -0.2) is 58.5 Å². The molecule has 10 N–H and O–H groups in total. The standard InChI is InChI=1S/C20H29N7O4/c1-11(26-18(29)14(21)6-4-8-24-20(22)23)17(28)27-16(19(30)31)9-12-10-25-15-7-3-2-5-13(12)15/h2-3,5,7,10-11,14,16,25H,4,6,8-9,21H2,1H3,(H,26,29)(H,27,28)(H,30,31)(H4,22,23,24)/t11-,14-,16-/m0/s1. The zero-order valence-corrected chi connectivity index (χ0v) is 17.3. The first-order valence-electron chi connectivity index (χ1n) is 9.88. The molecule has 0 saturated heterocycles. The summed E-state index contributed by atoms with van der Waals surface area (Å²) in [7, 11) is 0. The molecule has 0 aliphatic carbocycles. The topological polar surface area (TPSA) is 202 Å². The summed E-state index contributed by atoms with van der Waals surface area (Å²) >= 11 is 0. The van der Waals surface area contributed by atoms with Gasteiger partial charge in [-0.25, -0.2) is 4.79 Å². The molecule has 0 radical (unpaired) electrons. The van der Waals surface area contributed by atoms with Gasteiger partial charge in [0.2, 0.25) is 11.8 Å². The molecule has 3 atom stereocenters. The van der Waals surface area contributed by atoms with E-state index in [4.69, 9.17) is 17.2 Å². The fourth-order valence-electron chi connectivity index (χ4n) is 3.05. The third kappa shape index (κ3) is 7.00. The molecule has 1 aromatic carbocycles. The molecular weight excluding hydrogens is 402 g/mol. The van der Waals surface area contributed by atoms with Crippen LogP contribution in [0.25, 0.3) is 10.9 Å². The highest BCUT2D eigenvalue weighted by molar-refractivity contribution is 5.92. The molecule has 2 aromatic rings. The Labute approximate surface area is 179 Å². The summed E-state index contributed by atoms with van der Waals surface area (Å²) in [5.74, 6) is -2.35. The van der Waals surface area contributed by atoms with Gasteiger partial charge >= 0.3 is 5.97 Å². The van der Waals surface area contributed by atoms with Crippen LogP contribution in [0.3, 0.4) is 0 Å². The number of carboxylic acids is 1. The van der Waals surface area contributed by atoms with Crippen molar-refractivity contribution in [3.8, 4) is 0 Å². The van der Waals surface area contributed by atoms with Crippen molar-refractivity contribution in [2.45, 2.75) is 44.3 Å². The maximum absolute atomic E-state index is 12.5.